The van der Waals surface area contributed by atoms with Gasteiger partial charge < -0.3 is 9.64 Å². The van der Waals surface area contributed by atoms with E-state index in [1.54, 1.807) is 4.90 Å². The van der Waals surface area contributed by atoms with Crippen molar-refractivity contribution in [1.29, 1.82) is 0 Å². The number of benzene rings is 1. The molecule has 0 unspecified atom stereocenters. The van der Waals surface area contributed by atoms with Gasteiger partial charge in [0, 0.05) is 13.1 Å². The molecule has 0 aliphatic carbocycles. The molecule has 1 aromatic rings. The molecule has 0 atom stereocenters. The highest BCUT2D eigenvalue weighted by molar-refractivity contribution is 5.77. The first-order valence-corrected chi connectivity index (χ1v) is 6.59. The summed E-state index contributed by atoms with van der Waals surface area (Å²) in [5.41, 5.74) is 1.28. The first kappa shape index (κ1) is 14.6. The highest BCUT2D eigenvalue weighted by Gasteiger charge is 2.10. The second-order valence-corrected chi connectivity index (χ2v) is 4.58. The maximum atomic E-state index is 11.8. The molecule has 0 fully saturated rings. The molecule has 1 amide bonds. The summed E-state index contributed by atoms with van der Waals surface area (Å²) in [6, 6.07) is 7.93. The number of likely N-dealkylation sites (N-methyl/N-ethyl adjacent to an activating group) is 1. The van der Waals surface area contributed by atoms with Crippen LogP contribution in [-0.2, 0) is 4.79 Å². The smallest absolute Gasteiger partial charge is 0.260 e. The van der Waals surface area contributed by atoms with Crippen LogP contribution >= 0.6 is 0 Å². The van der Waals surface area contributed by atoms with E-state index in [0.717, 1.165) is 18.8 Å². The second kappa shape index (κ2) is 7.04. The van der Waals surface area contributed by atoms with Crippen LogP contribution in [0.25, 0.3) is 0 Å². The van der Waals surface area contributed by atoms with Crippen LogP contribution in [0.5, 0.6) is 5.75 Å². The lowest BCUT2D eigenvalue weighted by Gasteiger charge is -2.18. The summed E-state index contributed by atoms with van der Waals surface area (Å²) in [5.74, 6) is 1.30. The Morgan fingerprint density at radius 3 is 2.17 bits per heavy atom. The minimum absolute atomic E-state index is 0.0351. The van der Waals surface area contributed by atoms with Gasteiger partial charge in [-0.05, 0) is 37.5 Å². The Kier molecular flexibility index (Phi) is 5.69. The van der Waals surface area contributed by atoms with Crippen molar-refractivity contribution in [2.24, 2.45) is 0 Å². The standard InChI is InChI=1S/C15H23NO2/c1-5-16(6-2)15(17)11-18-14-9-7-13(8-10-14)12(3)4/h7-10,12H,5-6,11H2,1-4H3. The molecule has 0 aliphatic rings. The SMILES string of the molecule is CCN(CC)C(=O)COc1ccc(C(C)C)cc1. The monoisotopic (exact) mass is 249 g/mol. The highest BCUT2D eigenvalue weighted by atomic mass is 16.5. The normalized spacial score (nSPS) is 10.5. The van der Waals surface area contributed by atoms with Crippen LogP contribution < -0.4 is 4.74 Å². The van der Waals surface area contributed by atoms with Crippen molar-refractivity contribution in [2.75, 3.05) is 19.7 Å². The number of carbonyl (C=O) groups excluding carboxylic acids is 1. The van der Waals surface area contributed by atoms with Gasteiger partial charge in [0.2, 0.25) is 0 Å². The van der Waals surface area contributed by atoms with E-state index in [2.05, 4.69) is 13.8 Å². The molecular weight excluding hydrogens is 226 g/mol. The molecular formula is C15H23NO2. The number of rotatable bonds is 6. The average molecular weight is 249 g/mol. The lowest BCUT2D eigenvalue weighted by Crippen LogP contribution is -2.34. The molecule has 0 aliphatic heterocycles. The third-order valence-corrected chi connectivity index (χ3v) is 3.03. The minimum Gasteiger partial charge on any atom is -0.484 e. The van der Waals surface area contributed by atoms with Crippen molar-refractivity contribution in [3.05, 3.63) is 29.8 Å². The molecule has 0 heterocycles. The molecule has 0 saturated carbocycles. The summed E-state index contributed by atoms with van der Waals surface area (Å²) in [4.78, 5) is 13.5. The topological polar surface area (TPSA) is 29.5 Å². The van der Waals surface area contributed by atoms with E-state index in [-0.39, 0.29) is 12.5 Å². The van der Waals surface area contributed by atoms with Crippen molar-refractivity contribution in [1.82, 2.24) is 4.90 Å². The van der Waals surface area contributed by atoms with Gasteiger partial charge >= 0.3 is 0 Å². The van der Waals surface area contributed by atoms with Crippen LogP contribution in [0.1, 0.15) is 39.2 Å². The Morgan fingerprint density at radius 1 is 1.17 bits per heavy atom. The van der Waals surface area contributed by atoms with Crippen molar-refractivity contribution < 1.29 is 9.53 Å². The van der Waals surface area contributed by atoms with Gasteiger partial charge in [-0.25, -0.2) is 0 Å². The molecule has 0 bridgehead atoms. The molecule has 3 nitrogen and oxygen atoms in total. The highest BCUT2D eigenvalue weighted by Crippen LogP contribution is 2.18. The Hall–Kier alpha value is -1.51. The fourth-order valence-corrected chi connectivity index (χ4v) is 1.76. The van der Waals surface area contributed by atoms with Crippen molar-refractivity contribution in [2.45, 2.75) is 33.6 Å². The number of hydrogen-bond donors (Lipinski definition) is 0. The molecule has 0 aromatic heterocycles. The van der Waals surface area contributed by atoms with Crippen molar-refractivity contribution in [3.8, 4) is 5.75 Å². The fourth-order valence-electron chi connectivity index (χ4n) is 1.76. The van der Waals surface area contributed by atoms with E-state index in [1.165, 1.54) is 5.56 Å². The van der Waals surface area contributed by atoms with Crippen LogP contribution in [0.3, 0.4) is 0 Å². The zero-order chi connectivity index (χ0) is 13.5. The van der Waals surface area contributed by atoms with Gasteiger partial charge in [-0.15, -0.1) is 0 Å². The molecule has 100 valence electrons. The Labute approximate surface area is 110 Å². The molecule has 0 N–H and O–H groups in total. The second-order valence-electron chi connectivity index (χ2n) is 4.58. The molecule has 0 spiro atoms. The average Bonchev–Trinajstić information content (AvgIpc) is 2.38. The molecule has 0 saturated heterocycles. The maximum absolute atomic E-state index is 11.8. The summed E-state index contributed by atoms with van der Waals surface area (Å²) >= 11 is 0. The maximum Gasteiger partial charge on any atom is 0.260 e. The lowest BCUT2D eigenvalue weighted by molar-refractivity contribution is -0.132. The van der Waals surface area contributed by atoms with Crippen LogP contribution in [-0.4, -0.2) is 30.5 Å². The fraction of sp³-hybridized carbons (Fsp3) is 0.533. The summed E-state index contributed by atoms with van der Waals surface area (Å²) in [7, 11) is 0. The van der Waals surface area contributed by atoms with Gasteiger partial charge in [0.15, 0.2) is 6.61 Å². The van der Waals surface area contributed by atoms with Gasteiger partial charge in [0.25, 0.3) is 5.91 Å². The van der Waals surface area contributed by atoms with Crippen LogP contribution in [0.2, 0.25) is 0 Å². The molecule has 0 radical (unpaired) electrons. The Balaban J connectivity index is 2.51. The van der Waals surface area contributed by atoms with Crippen molar-refractivity contribution in [3.63, 3.8) is 0 Å². The van der Waals surface area contributed by atoms with E-state index in [0.29, 0.717) is 5.92 Å². The van der Waals surface area contributed by atoms with Gasteiger partial charge in [-0.3, -0.25) is 4.79 Å². The predicted molar refractivity (Wildman–Crippen MR) is 74.0 cm³/mol. The van der Waals surface area contributed by atoms with Crippen LogP contribution in [0, 0.1) is 0 Å². The molecule has 18 heavy (non-hydrogen) atoms. The zero-order valence-electron chi connectivity index (χ0n) is 11.8. The van der Waals surface area contributed by atoms with Gasteiger partial charge in [0.05, 0.1) is 0 Å². The molecule has 3 heteroatoms. The van der Waals surface area contributed by atoms with Gasteiger partial charge in [-0.1, -0.05) is 26.0 Å². The number of ether oxygens (including phenoxy) is 1. The van der Waals surface area contributed by atoms with E-state index < -0.39 is 0 Å². The summed E-state index contributed by atoms with van der Waals surface area (Å²) in [5, 5.41) is 0. The summed E-state index contributed by atoms with van der Waals surface area (Å²) in [6.45, 7) is 9.82. The van der Waals surface area contributed by atoms with Gasteiger partial charge in [-0.2, -0.15) is 0 Å². The lowest BCUT2D eigenvalue weighted by atomic mass is 10.0. The predicted octanol–water partition coefficient (Wildman–Crippen LogP) is 3.06. The minimum atomic E-state index is 0.0351. The van der Waals surface area contributed by atoms with Crippen LogP contribution in [0.4, 0.5) is 0 Å². The number of amides is 1. The van der Waals surface area contributed by atoms with Crippen molar-refractivity contribution >= 4 is 5.91 Å². The van der Waals surface area contributed by atoms with E-state index in [4.69, 9.17) is 4.74 Å². The van der Waals surface area contributed by atoms with Gasteiger partial charge in [0.1, 0.15) is 5.75 Å². The van der Waals surface area contributed by atoms with E-state index in [1.807, 2.05) is 38.1 Å². The summed E-state index contributed by atoms with van der Waals surface area (Å²) in [6.07, 6.45) is 0. The van der Waals surface area contributed by atoms with E-state index >= 15 is 0 Å². The third-order valence-electron chi connectivity index (χ3n) is 3.03. The molecule has 1 aromatic carbocycles. The quantitative estimate of drug-likeness (QED) is 0.775. The van der Waals surface area contributed by atoms with Crippen LogP contribution in [0.15, 0.2) is 24.3 Å². The number of hydrogen-bond acceptors (Lipinski definition) is 2. The Morgan fingerprint density at radius 2 is 1.72 bits per heavy atom. The first-order valence-electron chi connectivity index (χ1n) is 6.59. The Bertz CT molecular complexity index is 367. The molecule has 1 rings (SSSR count). The van der Waals surface area contributed by atoms with E-state index in [9.17, 15) is 4.79 Å². The summed E-state index contributed by atoms with van der Waals surface area (Å²) < 4.78 is 5.50. The number of carbonyl (C=O) groups is 1. The third kappa shape index (κ3) is 4.06. The largest absolute Gasteiger partial charge is 0.484 e. The first-order chi connectivity index (χ1) is 8.58. The zero-order valence-corrected chi connectivity index (χ0v) is 11.8. The number of nitrogens with zero attached hydrogens (tertiary/aromatic N) is 1.